The number of hydrogen-bond donors (Lipinski definition) is 2. The predicted molar refractivity (Wildman–Crippen MR) is 172 cm³/mol. The summed E-state index contributed by atoms with van der Waals surface area (Å²) in [5.74, 6) is 1.72. The van der Waals surface area contributed by atoms with Gasteiger partial charge in [-0.05, 0) is 73.2 Å². The Morgan fingerprint density at radius 1 is 0.955 bits per heavy atom. The lowest BCUT2D eigenvalue weighted by molar-refractivity contribution is -0.140. The van der Waals surface area contributed by atoms with Crippen LogP contribution >= 0.6 is 0 Å². The lowest BCUT2D eigenvalue weighted by Crippen LogP contribution is -2.48. The van der Waals surface area contributed by atoms with Crippen molar-refractivity contribution in [2.24, 2.45) is 0 Å². The molecule has 1 saturated carbocycles. The quantitative estimate of drug-likeness (QED) is 0.186. The molecule has 0 aliphatic heterocycles. The van der Waals surface area contributed by atoms with Gasteiger partial charge in [0, 0.05) is 29.7 Å². The van der Waals surface area contributed by atoms with Gasteiger partial charge in [-0.25, -0.2) is 0 Å². The molecule has 1 aliphatic rings. The summed E-state index contributed by atoms with van der Waals surface area (Å²) < 4.78 is 16.6. The Morgan fingerprint density at radius 2 is 1.70 bits per heavy atom. The standard InChI is InChI=1S/C36H43N3O5/c1-4-44-29-17-15-26(16-18-29)35(36(41)38-28-10-6-5-7-11-28)39(21-20-25-14-19-32(42-2)33(22-25)43-3)34(40)23-27-24-37-31-13-9-8-12-30(27)31/h8-9,12-19,22,24,28,35,37H,4-7,10-11,20-21,23H2,1-3H3,(H,38,41). The van der Waals surface area contributed by atoms with Crippen LogP contribution in [0.3, 0.4) is 0 Å². The van der Waals surface area contributed by atoms with Crippen LogP contribution in [0.25, 0.3) is 10.9 Å². The monoisotopic (exact) mass is 597 g/mol. The van der Waals surface area contributed by atoms with E-state index < -0.39 is 6.04 Å². The number of aromatic amines is 1. The molecule has 1 unspecified atom stereocenters. The van der Waals surface area contributed by atoms with E-state index in [1.165, 1.54) is 6.42 Å². The Kier molecular flexibility index (Phi) is 10.4. The maximum Gasteiger partial charge on any atom is 0.247 e. The molecule has 4 aromatic rings. The molecule has 1 atom stereocenters. The lowest BCUT2D eigenvalue weighted by atomic mass is 9.94. The Hall–Kier alpha value is -4.46. The number of para-hydroxylation sites is 1. The van der Waals surface area contributed by atoms with Crippen molar-refractivity contribution in [3.05, 3.63) is 89.6 Å². The first-order valence-corrected chi connectivity index (χ1v) is 15.6. The molecule has 44 heavy (non-hydrogen) atoms. The van der Waals surface area contributed by atoms with E-state index in [0.29, 0.717) is 31.1 Å². The first kappa shape index (κ1) is 31.0. The number of methoxy groups -OCH3 is 2. The summed E-state index contributed by atoms with van der Waals surface area (Å²) in [6.45, 7) is 2.83. The minimum atomic E-state index is -0.801. The molecule has 1 fully saturated rings. The number of aromatic nitrogens is 1. The Balaban J connectivity index is 1.50. The van der Waals surface area contributed by atoms with Crippen LogP contribution in [0.1, 0.15) is 61.8 Å². The number of H-pyrrole nitrogens is 1. The zero-order valence-electron chi connectivity index (χ0n) is 25.9. The fourth-order valence-electron chi connectivity index (χ4n) is 6.14. The molecule has 0 bridgehead atoms. The third-order valence-corrected chi connectivity index (χ3v) is 8.44. The minimum Gasteiger partial charge on any atom is -0.494 e. The SMILES string of the molecule is CCOc1ccc(C(C(=O)NC2CCCCC2)N(CCc2ccc(OC)c(OC)c2)C(=O)Cc2c[nH]c3ccccc23)cc1. The smallest absolute Gasteiger partial charge is 0.247 e. The van der Waals surface area contributed by atoms with Gasteiger partial charge in [-0.3, -0.25) is 9.59 Å². The van der Waals surface area contributed by atoms with Crippen molar-refractivity contribution < 1.29 is 23.8 Å². The number of rotatable bonds is 13. The van der Waals surface area contributed by atoms with Gasteiger partial charge in [-0.1, -0.05) is 55.7 Å². The lowest BCUT2D eigenvalue weighted by Gasteiger charge is -2.33. The van der Waals surface area contributed by atoms with Gasteiger partial charge in [0.15, 0.2) is 11.5 Å². The second-order valence-corrected chi connectivity index (χ2v) is 11.3. The second-order valence-electron chi connectivity index (χ2n) is 11.3. The highest BCUT2D eigenvalue weighted by Gasteiger charge is 2.33. The molecule has 1 aliphatic carbocycles. The number of nitrogens with one attached hydrogen (secondary N) is 2. The average Bonchev–Trinajstić information content (AvgIpc) is 3.46. The minimum absolute atomic E-state index is 0.109. The molecular weight excluding hydrogens is 554 g/mol. The van der Waals surface area contributed by atoms with Gasteiger partial charge in [0.25, 0.3) is 0 Å². The van der Waals surface area contributed by atoms with E-state index in [9.17, 15) is 9.59 Å². The number of carbonyl (C=O) groups excluding carboxylic acids is 2. The third kappa shape index (κ3) is 7.36. The first-order valence-electron chi connectivity index (χ1n) is 15.6. The summed E-state index contributed by atoms with van der Waals surface area (Å²) in [7, 11) is 3.21. The number of fused-ring (bicyclic) bond motifs is 1. The van der Waals surface area contributed by atoms with Gasteiger partial charge in [-0.2, -0.15) is 0 Å². The molecule has 0 radical (unpaired) electrons. The number of carbonyl (C=O) groups is 2. The van der Waals surface area contributed by atoms with Crippen LogP contribution in [-0.4, -0.2) is 55.1 Å². The zero-order valence-corrected chi connectivity index (χ0v) is 25.9. The second kappa shape index (κ2) is 14.8. The van der Waals surface area contributed by atoms with Crippen molar-refractivity contribution in [3.63, 3.8) is 0 Å². The number of nitrogens with zero attached hydrogens (tertiary/aromatic N) is 1. The van der Waals surface area contributed by atoms with Crippen LogP contribution in [0.15, 0.2) is 72.9 Å². The van der Waals surface area contributed by atoms with Gasteiger partial charge in [0.05, 0.1) is 27.2 Å². The van der Waals surface area contributed by atoms with Crippen molar-refractivity contribution >= 4 is 22.7 Å². The largest absolute Gasteiger partial charge is 0.494 e. The highest BCUT2D eigenvalue weighted by atomic mass is 16.5. The Morgan fingerprint density at radius 3 is 2.43 bits per heavy atom. The molecule has 8 nitrogen and oxygen atoms in total. The Labute approximate surface area is 259 Å². The molecule has 3 aromatic carbocycles. The van der Waals surface area contributed by atoms with Crippen molar-refractivity contribution in [1.29, 1.82) is 0 Å². The van der Waals surface area contributed by atoms with E-state index >= 15 is 0 Å². The summed E-state index contributed by atoms with van der Waals surface area (Å²) in [4.78, 5) is 33.6. The summed E-state index contributed by atoms with van der Waals surface area (Å²) in [6.07, 6.45) is 7.89. The topological polar surface area (TPSA) is 92.9 Å². The number of benzene rings is 3. The van der Waals surface area contributed by atoms with Crippen LogP contribution in [-0.2, 0) is 22.4 Å². The average molecular weight is 598 g/mol. The summed E-state index contributed by atoms with van der Waals surface area (Å²) >= 11 is 0. The van der Waals surface area contributed by atoms with Crippen molar-refractivity contribution in [1.82, 2.24) is 15.2 Å². The van der Waals surface area contributed by atoms with E-state index in [4.69, 9.17) is 14.2 Å². The van der Waals surface area contributed by atoms with Crippen LogP contribution in [0.4, 0.5) is 0 Å². The summed E-state index contributed by atoms with van der Waals surface area (Å²) in [5, 5.41) is 4.31. The number of ether oxygens (including phenoxy) is 3. The van der Waals surface area contributed by atoms with Crippen LogP contribution < -0.4 is 19.5 Å². The van der Waals surface area contributed by atoms with E-state index in [0.717, 1.165) is 59.0 Å². The maximum atomic E-state index is 14.3. The number of amides is 2. The molecule has 1 aromatic heterocycles. The van der Waals surface area contributed by atoms with E-state index in [2.05, 4.69) is 10.3 Å². The molecule has 232 valence electrons. The molecule has 1 heterocycles. The Bertz CT molecular complexity index is 1540. The van der Waals surface area contributed by atoms with Gasteiger partial charge < -0.3 is 29.4 Å². The fraction of sp³-hybridized carbons (Fsp3) is 0.389. The van der Waals surface area contributed by atoms with Crippen LogP contribution in [0.2, 0.25) is 0 Å². The molecule has 5 rings (SSSR count). The van der Waals surface area contributed by atoms with E-state index in [1.54, 1.807) is 19.1 Å². The van der Waals surface area contributed by atoms with Gasteiger partial charge in [0.1, 0.15) is 11.8 Å². The molecule has 8 heteroatoms. The molecule has 0 spiro atoms. The summed E-state index contributed by atoms with van der Waals surface area (Å²) in [6, 6.07) is 20.6. The van der Waals surface area contributed by atoms with Gasteiger partial charge >= 0.3 is 0 Å². The molecular formula is C36H43N3O5. The first-order chi connectivity index (χ1) is 21.5. The normalized spacial score (nSPS) is 14.2. The van der Waals surface area contributed by atoms with E-state index in [-0.39, 0.29) is 24.3 Å². The van der Waals surface area contributed by atoms with E-state index in [1.807, 2.05) is 79.9 Å². The van der Waals surface area contributed by atoms with Gasteiger partial charge in [0.2, 0.25) is 11.8 Å². The zero-order chi connectivity index (χ0) is 30.9. The molecule has 0 saturated heterocycles. The van der Waals surface area contributed by atoms with Crippen LogP contribution in [0.5, 0.6) is 17.2 Å². The highest BCUT2D eigenvalue weighted by molar-refractivity contribution is 5.92. The van der Waals surface area contributed by atoms with Crippen LogP contribution in [0, 0.1) is 0 Å². The fourth-order valence-corrected chi connectivity index (χ4v) is 6.14. The predicted octanol–water partition coefficient (Wildman–Crippen LogP) is 6.39. The summed E-state index contributed by atoms with van der Waals surface area (Å²) in [5.41, 5.74) is 3.61. The molecule has 2 N–H and O–H groups in total. The molecule has 2 amide bonds. The third-order valence-electron chi connectivity index (χ3n) is 8.44. The highest BCUT2D eigenvalue weighted by Crippen LogP contribution is 2.30. The van der Waals surface area contributed by atoms with Gasteiger partial charge in [-0.15, -0.1) is 0 Å². The van der Waals surface area contributed by atoms with Crippen molar-refractivity contribution in [3.8, 4) is 17.2 Å². The van der Waals surface area contributed by atoms with Crippen molar-refractivity contribution in [2.75, 3.05) is 27.4 Å². The maximum absolute atomic E-state index is 14.3. The van der Waals surface area contributed by atoms with Crippen molar-refractivity contribution in [2.45, 2.75) is 64.0 Å². The number of hydrogen-bond acceptors (Lipinski definition) is 5.